The van der Waals surface area contributed by atoms with Crippen LogP contribution in [0.5, 0.6) is 0 Å². The maximum atomic E-state index is 12.2. The standard InChI is InChI=1S/C15H21N3O2S/c1-15(2)7-10-12(11(19)8-15)21-14(17-10)18-13(20)9-5-3-4-6-16-9/h9,16H,3-8H2,1-2H3,(H,17,18,20). The maximum absolute atomic E-state index is 12.2. The van der Waals surface area contributed by atoms with Crippen LogP contribution >= 0.6 is 11.3 Å². The SMILES string of the molecule is CC1(C)CC(=O)c2sc(NC(=O)C3CCCCN3)nc2C1. The Labute approximate surface area is 128 Å². The summed E-state index contributed by atoms with van der Waals surface area (Å²) < 4.78 is 0. The highest BCUT2D eigenvalue weighted by molar-refractivity contribution is 7.17. The summed E-state index contributed by atoms with van der Waals surface area (Å²) in [6.45, 7) is 5.05. The number of carbonyl (C=O) groups is 2. The van der Waals surface area contributed by atoms with Crippen LogP contribution < -0.4 is 10.6 Å². The number of piperidine rings is 1. The molecule has 1 aliphatic heterocycles. The van der Waals surface area contributed by atoms with Crippen molar-refractivity contribution in [3.8, 4) is 0 Å². The van der Waals surface area contributed by atoms with E-state index in [1.54, 1.807) is 0 Å². The third-order valence-electron chi connectivity index (χ3n) is 4.09. The van der Waals surface area contributed by atoms with Gasteiger partial charge in [-0.1, -0.05) is 31.6 Å². The van der Waals surface area contributed by atoms with E-state index in [0.29, 0.717) is 11.6 Å². The zero-order chi connectivity index (χ0) is 15.0. The molecule has 2 aliphatic rings. The van der Waals surface area contributed by atoms with Gasteiger partial charge in [0.05, 0.1) is 16.6 Å². The molecule has 6 heteroatoms. The lowest BCUT2D eigenvalue weighted by Crippen LogP contribution is -2.43. The lowest BCUT2D eigenvalue weighted by atomic mass is 9.78. The first-order chi connectivity index (χ1) is 9.94. The second-order valence-electron chi connectivity index (χ2n) is 6.73. The van der Waals surface area contributed by atoms with Gasteiger partial charge in [-0.25, -0.2) is 4.98 Å². The molecule has 3 rings (SSSR count). The van der Waals surface area contributed by atoms with Gasteiger partial charge in [0.1, 0.15) is 0 Å². The largest absolute Gasteiger partial charge is 0.306 e. The summed E-state index contributed by atoms with van der Waals surface area (Å²) in [7, 11) is 0. The molecular formula is C15H21N3O2S. The third-order valence-corrected chi connectivity index (χ3v) is 5.15. The molecule has 1 amide bonds. The van der Waals surface area contributed by atoms with Gasteiger partial charge in [0, 0.05) is 6.42 Å². The lowest BCUT2D eigenvalue weighted by molar-refractivity contribution is -0.118. The Kier molecular flexibility index (Phi) is 3.84. The van der Waals surface area contributed by atoms with Crippen molar-refractivity contribution in [1.82, 2.24) is 10.3 Å². The summed E-state index contributed by atoms with van der Waals surface area (Å²) in [5, 5.41) is 6.65. The first kappa shape index (κ1) is 14.7. The zero-order valence-corrected chi connectivity index (χ0v) is 13.3. The van der Waals surface area contributed by atoms with Crippen molar-refractivity contribution >= 4 is 28.2 Å². The first-order valence-corrected chi connectivity index (χ1v) is 8.33. The van der Waals surface area contributed by atoms with Gasteiger partial charge in [-0.2, -0.15) is 0 Å². The number of nitrogens with zero attached hydrogens (tertiary/aromatic N) is 1. The number of Topliss-reactive ketones (excluding diaryl/α,β-unsaturated/α-hetero) is 1. The smallest absolute Gasteiger partial charge is 0.243 e. The average Bonchev–Trinajstić information content (AvgIpc) is 2.81. The van der Waals surface area contributed by atoms with Crippen LogP contribution in [0.4, 0.5) is 5.13 Å². The molecule has 21 heavy (non-hydrogen) atoms. The minimum atomic E-state index is -0.133. The van der Waals surface area contributed by atoms with E-state index < -0.39 is 0 Å². The molecule has 1 saturated heterocycles. The highest BCUT2D eigenvalue weighted by atomic mass is 32.1. The number of hydrogen-bond acceptors (Lipinski definition) is 5. The Balaban J connectivity index is 1.73. The molecule has 1 aromatic heterocycles. The number of amides is 1. The van der Waals surface area contributed by atoms with E-state index in [1.807, 2.05) is 0 Å². The number of hydrogen-bond donors (Lipinski definition) is 2. The summed E-state index contributed by atoms with van der Waals surface area (Å²) in [6, 6.07) is -0.133. The first-order valence-electron chi connectivity index (χ1n) is 7.52. The van der Waals surface area contributed by atoms with Crippen LogP contribution in [-0.2, 0) is 11.2 Å². The number of carbonyl (C=O) groups excluding carboxylic acids is 2. The second kappa shape index (κ2) is 5.50. The van der Waals surface area contributed by atoms with E-state index in [0.717, 1.165) is 42.8 Å². The molecular weight excluding hydrogens is 286 g/mol. The van der Waals surface area contributed by atoms with Gasteiger partial charge in [0.25, 0.3) is 0 Å². The van der Waals surface area contributed by atoms with Crippen LogP contribution in [-0.4, -0.2) is 29.3 Å². The zero-order valence-electron chi connectivity index (χ0n) is 12.5. The molecule has 1 fully saturated rings. The topological polar surface area (TPSA) is 71.1 Å². The van der Waals surface area contributed by atoms with Gasteiger partial charge < -0.3 is 10.6 Å². The number of aromatic nitrogens is 1. The highest BCUT2D eigenvalue weighted by Gasteiger charge is 2.34. The van der Waals surface area contributed by atoms with Crippen molar-refractivity contribution in [3.63, 3.8) is 0 Å². The van der Waals surface area contributed by atoms with Gasteiger partial charge >= 0.3 is 0 Å². The minimum absolute atomic E-state index is 0.0347. The number of ketones is 1. The fourth-order valence-corrected chi connectivity index (χ4v) is 3.96. The second-order valence-corrected chi connectivity index (χ2v) is 7.73. The summed E-state index contributed by atoms with van der Waals surface area (Å²) >= 11 is 1.32. The average molecular weight is 307 g/mol. The number of nitrogens with one attached hydrogen (secondary N) is 2. The molecule has 2 heterocycles. The van der Waals surface area contributed by atoms with Gasteiger partial charge in [0.15, 0.2) is 10.9 Å². The van der Waals surface area contributed by atoms with Crippen LogP contribution in [0.25, 0.3) is 0 Å². The van der Waals surface area contributed by atoms with Crippen molar-refractivity contribution < 1.29 is 9.59 Å². The monoisotopic (exact) mass is 307 g/mol. The Bertz CT molecular complexity index is 573. The fraction of sp³-hybridized carbons (Fsp3) is 0.667. The van der Waals surface area contributed by atoms with Crippen molar-refractivity contribution in [2.75, 3.05) is 11.9 Å². The quantitative estimate of drug-likeness (QED) is 0.880. The molecule has 0 aromatic carbocycles. The lowest BCUT2D eigenvalue weighted by Gasteiger charge is -2.26. The highest BCUT2D eigenvalue weighted by Crippen LogP contribution is 2.38. The summed E-state index contributed by atoms with van der Waals surface area (Å²) in [6.07, 6.45) is 4.41. The van der Waals surface area contributed by atoms with Crippen LogP contribution in [0.2, 0.25) is 0 Å². The molecule has 5 nitrogen and oxygen atoms in total. The van der Waals surface area contributed by atoms with Gasteiger partial charge in [-0.15, -0.1) is 0 Å². The Hall–Kier alpha value is -1.27. The number of rotatable bonds is 2. The maximum Gasteiger partial charge on any atom is 0.243 e. The normalized spacial score (nSPS) is 24.5. The third kappa shape index (κ3) is 3.16. The molecule has 0 radical (unpaired) electrons. The molecule has 0 saturated carbocycles. The summed E-state index contributed by atoms with van der Waals surface area (Å²) in [5.41, 5.74) is 0.804. The van der Waals surface area contributed by atoms with Gasteiger partial charge in [-0.3, -0.25) is 9.59 Å². The molecule has 1 unspecified atom stereocenters. The van der Waals surface area contributed by atoms with E-state index in [9.17, 15) is 9.59 Å². The Morgan fingerprint density at radius 3 is 2.90 bits per heavy atom. The molecule has 1 atom stereocenters. The van der Waals surface area contributed by atoms with Crippen molar-refractivity contribution in [2.24, 2.45) is 5.41 Å². The van der Waals surface area contributed by atoms with E-state index >= 15 is 0 Å². The predicted molar refractivity (Wildman–Crippen MR) is 82.8 cm³/mol. The van der Waals surface area contributed by atoms with E-state index in [4.69, 9.17) is 0 Å². The fourth-order valence-electron chi connectivity index (χ4n) is 3.04. The molecule has 1 aromatic rings. The Morgan fingerprint density at radius 2 is 2.19 bits per heavy atom. The van der Waals surface area contributed by atoms with Crippen LogP contribution in [0.1, 0.15) is 54.9 Å². The van der Waals surface area contributed by atoms with Crippen molar-refractivity contribution in [3.05, 3.63) is 10.6 Å². The van der Waals surface area contributed by atoms with E-state index in [2.05, 4.69) is 29.5 Å². The minimum Gasteiger partial charge on any atom is -0.306 e. The number of thiazole rings is 1. The van der Waals surface area contributed by atoms with Crippen LogP contribution in [0.3, 0.4) is 0 Å². The van der Waals surface area contributed by atoms with Gasteiger partial charge in [-0.05, 0) is 31.2 Å². The van der Waals surface area contributed by atoms with Gasteiger partial charge in [0.2, 0.25) is 5.91 Å². The summed E-state index contributed by atoms with van der Waals surface area (Å²) in [4.78, 5) is 29.5. The number of fused-ring (bicyclic) bond motifs is 1. The van der Waals surface area contributed by atoms with Crippen molar-refractivity contribution in [2.45, 2.75) is 52.0 Å². The van der Waals surface area contributed by atoms with Crippen molar-refractivity contribution in [1.29, 1.82) is 0 Å². The number of anilines is 1. The molecule has 1 aliphatic carbocycles. The predicted octanol–water partition coefficient (Wildman–Crippen LogP) is 2.38. The molecule has 2 N–H and O–H groups in total. The molecule has 0 spiro atoms. The van der Waals surface area contributed by atoms with Crippen LogP contribution in [0.15, 0.2) is 0 Å². The molecule has 114 valence electrons. The van der Waals surface area contributed by atoms with E-state index in [1.165, 1.54) is 11.3 Å². The molecule has 0 bridgehead atoms. The van der Waals surface area contributed by atoms with Crippen LogP contribution in [0, 0.1) is 5.41 Å². The summed E-state index contributed by atoms with van der Waals surface area (Å²) in [5.74, 6) is 0.113. The Morgan fingerprint density at radius 1 is 1.38 bits per heavy atom. The van der Waals surface area contributed by atoms with E-state index in [-0.39, 0.29) is 23.1 Å².